The Balaban J connectivity index is 2.56. The van der Waals surface area contributed by atoms with Gasteiger partial charge in [0, 0.05) is 19.6 Å². The second kappa shape index (κ2) is 8.92. The topological polar surface area (TPSA) is 78.9 Å². The van der Waals surface area contributed by atoms with Crippen molar-refractivity contribution in [3.05, 3.63) is 47.5 Å². The third-order valence-corrected chi connectivity index (χ3v) is 3.59. The zero-order chi connectivity index (χ0) is 19.1. The van der Waals surface area contributed by atoms with E-state index < -0.39 is 17.7 Å². The molecule has 0 heterocycles. The van der Waals surface area contributed by atoms with Gasteiger partial charge in [-0.1, -0.05) is 30.3 Å². The van der Waals surface area contributed by atoms with Crippen LogP contribution in [0.3, 0.4) is 0 Å². The van der Waals surface area contributed by atoms with Crippen molar-refractivity contribution in [2.24, 2.45) is 0 Å². The van der Waals surface area contributed by atoms with Gasteiger partial charge in [0.25, 0.3) is 0 Å². The molecule has 0 bridgehead atoms. The van der Waals surface area contributed by atoms with E-state index in [2.05, 4.69) is 0 Å². The van der Waals surface area contributed by atoms with E-state index in [1.165, 1.54) is 27.0 Å². The summed E-state index contributed by atoms with van der Waals surface area (Å²) in [5.41, 5.74) is 0.332. The normalized spacial score (nSPS) is 11.3. The number of methoxy groups -OCH3 is 1. The fraction of sp³-hybridized carbons (Fsp3) is 0.250. The quantitative estimate of drug-likeness (QED) is 0.190. The molecule has 0 radical (unpaired) electrons. The molecule has 0 unspecified atom stereocenters. The molecule has 136 valence electrons. The fourth-order valence-corrected chi connectivity index (χ4v) is 2.41. The summed E-state index contributed by atoms with van der Waals surface area (Å²) >= 11 is 0. The van der Waals surface area contributed by atoms with E-state index in [0.29, 0.717) is 5.56 Å². The molecule has 0 atom stereocenters. The summed E-state index contributed by atoms with van der Waals surface area (Å²) in [6, 6.07) is 10.8. The highest BCUT2D eigenvalue weighted by Crippen LogP contribution is 2.30. The van der Waals surface area contributed by atoms with Crippen molar-refractivity contribution in [3.8, 4) is 5.75 Å². The summed E-state index contributed by atoms with van der Waals surface area (Å²) in [4.78, 5) is 35.7. The largest absolute Gasteiger partial charge is 0.460 e. The Kier molecular flexibility index (Phi) is 6.63. The zero-order valence-corrected chi connectivity index (χ0v) is 14.9. The van der Waals surface area contributed by atoms with E-state index in [1.807, 2.05) is 24.3 Å². The molecule has 0 fully saturated rings. The molecule has 0 aliphatic carbocycles. The lowest BCUT2D eigenvalue weighted by Crippen LogP contribution is -2.16. The Morgan fingerprint density at radius 2 is 1.73 bits per heavy atom. The fourth-order valence-electron chi connectivity index (χ4n) is 2.41. The third kappa shape index (κ3) is 4.77. The van der Waals surface area contributed by atoms with Gasteiger partial charge in [-0.3, -0.25) is 9.59 Å². The summed E-state index contributed by atoms with van der Waals surface area (Å²) < 4.78 is 15.1. The van der Waals surface area contributed by atoms with Crippen molar-refractivity contribution < 1.29 is 28.6 Å². The van der Waals surface area contributed by atoms with Gasteiger partial charge in [0.2, 0.25) is 0 Å². The zero-order valence-electron chi connectivity index (χ0n) is 14.9. The molecule has 0 aromatic heterocycles. The van der Waals surface area contributed by atoms with Crippen molar-refractivity contribution in [1.29, 1.82) is 0 Å². The lowest BCUT2D eigenvalue weighted by atomic mass is 10.00. The molecule has 2 rings (SSSR count). The number of ether oxygens (including phenoxy) is 3. The minimum absolute atomic E-state index is 0.0340. The van der Waals surface area contributed by atoms with E-state index >= 15 is 0 Å². The van der Waals surface area contributed by atoms with Crippen LogP contribution in [0.2, 0.25) is 0 Å². The molecule has 2 aromatic rings. The smallest absolute Gasteiger partial charge is 0.341 e. The number of fused-ring (bicyclic) bond motifs is 1. The van der Waals surface area contributed by atoms with Crippen LogP contribution in [-0.4, -0.2) is 38.0 Å². The average molecular weight is 356 g/mol. The van der Waals surface area contributed by atoms with E-state index in [4.69, 9.17) is 14.2 Å². The van der Waals surface area contributed by atoms with Gasteiger partial charge in [-0.05, 0) is 29.8 Å². The monoisotopic (exact) mass is 356 g/mol. The first-order valence-electron chi connectivity index (χ1n) is 8.03. The predicted molar refractivity (Wildman–Crippen MR) is 96.8 cm³/mol. The average Bonchev–Trinajstić information content (AvgIpc) is 2.60. The number of benzene rings is 2. The SMILES string of the molecule is COCCOC(=O)/C(=C\c1c(OC(C)=O)ccc2ccccc12)C(C)=O. The first-order chi connectivity index (χ1) is 12.4. The Bertz CT molecular complexity index is 866. The molecule has 0 saturated heterocycles. The minimum atomic E-state index is -0.753. The Labute approximate surface area is 151 Å². The molecule has 0 saturated carbocycles. The summed E-state index contributed by atoms with van der Waals surface area (Å²) in [7, 11) is 1.48. The second-order valence-corrected chi connectivity index (χ2v) is 5.54. The van der Waals surface area contributed by atoms with Crippen LogP contribution < -0.4 is 4.74 Å². The number of hydrogen-bond donors (Lipinski definition) is 0. The van der Waals surface area contributed by atoms with Crippen LogP contribution in [0.15, 0.2) is 42.0 Å². The van der Waals surface area contributed by atoms with Crippen molar-refractivity contribution in [2.75, 3.05) is 20.3 Å². The number of Topliss-reactive ketones (excluding diaryl/α,β-unsaturated/α-hetero) is 1. The Hall–Kier alpha value is -2.99. The lowest BCUT2D eigenvalue weighted by Gasteiger charge is -2.11. The third-order valence-electron chi connectivity index (χ3n) is 3.59. The predicted octanol–water partition coefficient (Wildman–Crippen LogP) is 2.93. The van der Waals surface area contributed by atoms with Crippen LogP contribution in [0.4, 0.5) is 0 Å². The number of carbonyl (C=O) groups excluding carboxylic acids is 3. The van der Waals surface area contributed by atoms with Crippen LogP contribution in [0.25, 0.3) is 16.8 Å². The maximum Gasteiger partial charge on any atom is 0.341 e. The van der Waals surface area contributed by atoms with E-state index in [1.54, 1.807) is 12.1 Å². The highest BCUT2D eigenvalue weighted by Gasteiger charge is 2.19. The van der Waals surface area contributed by atoms with Gasteiger partial charge in [-0.15, -0.1) is 0 Å². The van der Waals surface area contributed by atoms with Gasteiger partial charge < -0.3 is 14.2 Å². The van der Waals surface area contributed by atoms with Crippen LogP contribution in [0.1, 0.15) is 19.4 Å². The highest BCUT2D eigenvalue weighted by molar-refractivity contribution is 6.20. The maximum absolute atomic E-state index is 12.3. The van der Waals surface area contributed by atoms with Gasteiger partial charge in [0.05, 0.1) is 6.61 Å². The molecule has 0 aliphatic heterocycles. The van der Waals surface area contributed by atoms with Gasteiger partial charge in [-0.2, -0.15) is 0 Å². The summed E-state index contributed by atoms with van der Waals surface area (Å²) in [5.74, 6) is -1.44. The molecular weight excluding hydrogens is 336 g/mol. The molecule has 26 heavy (non-hydrogen) atoms. The summed E-state index contributed by atoms with van der Waals surface area (Å²) in [6.45, 7) is 2.82. The minimum Gasteiger partial charge on any atom is -0.460 e. The van der Waals surface area contributed by atoms with Crippen LogP contribution >= 0.6 is 0 Å². The molecule has 2 aromatic carbocycles. The molecule has 0 spiro atoms. The van der Waals surface area contributed by atoms with Gasteiger partial charge in [0.1, 0.15) is 17.9 Å². The molecular formula is C20H20O6. The van der Waals surface area contributed by atoms with Crippen molar-refractivity contribution in [3.63, 3.8) is 0 Å². The molecule has 6 heteroatoms. The van der Waals surface area contributed by atoms with Crippen molar-refractivity contribution in [2.45, 2.75) is 13.8 Å². The number of esters is 2. The van der Waals surface area contributed by atoms with Gasteiger partial charge in [-0.25, -0.2) is 4.79 Å². The molecule has 0 aliphatic rings. The lowest BCUT2D eigenvalue weighted by molar-refractivity contribution is -0.141. The highest BCUT2D eigenvalue weighted by atomic mass is 16.6. The second-order valence-electron chi connectivity index (χ2n) is 5.54. The van der Waals surface area contributed by atoms with Crippen LogP contribution in [0, 0.1) is 0 Å². The van der Waals surface area contributed by atoms with Gasteiger partial charge in [0.15, 0.2) is 5.78 Å². The van der Waals surface area contributed by atoms with E-state index in [0.717, 1.165) is 10.8 Å². The molecule has 6 nitrogen and oxygen atoms in total. The van der Waals surface area contributed by atoms with Crippen LogP contribution in [-0.2, 0) is 23.9 Å². The standard InChI is InChI=1S/C20H20O6/c1-13(21)17(20(23)25-11-10-24-3)12-18-16-7-5-4-6-15(16)8-9-19(18)26-14(2)22/h4-9,12H,10-11H2,1-3H3/b17-12-. The molecule has 0 N–H and O–H groups in total. The number of hydrogen-bond acceptors (Lipinski definition) is 6. The number of carbonyl (C=O) groups is 3. The maximum atomic E-state index is 12.3. The van der Waals surface area contributed by atoms with Crippen molar-refractivity contribution >= 4 is 34.6 Å². The van der Waals surface area contributed by atoms with E-state index in [9.17, 15) is 14.4 Å². The number of ketones is 1. The first kappa shape index (κ1) is 19.3. The first-order valence-corrected chi connectivity index (χ1v) is 8.03. The van der Waals surface area contributed by atoms with Crippen LogP contribution in [0.5, 0.6) is 5.75 Å². The summed E-state index contributed by atoms with van der Waals surface area (Å²) in [6.07, 6.45) is 1.40. The van der Waals surface area contributed by atoms with E-state index in [-0.39, 0.29) is 24.5 Å². The Morgan fingerprint density at radius 1 is 1.00 bits per heavy atom. The Morgan fingerprint density at radius 3 is 2.38 bits per heavy atom. The molecule has 0 amide bonds. The number of rotatable bonds is 7. The summed E-state index contributed by atoms with van der Waals surface area (Å²) in [5, 5.41) is 1.62. The van der Waals surface area contributed by atoms with Gasteiger partial charge >= 0.3 is 11.9 Å². The van der Waals surface area contributed by atoms with Crippen molar-refractivity contribution in [1.82, 2.24) is 0 Å².